The molecule has 0 radical (unpaired) electrons. The van der Waals surface area contributed by atoms with Gasteiger partial charge in [-0.15, -0.1) is 5.10 Å². The predicted octanol–water partition coefficient (Wildman–Crippen LogP) is 2.99. The van der Waals surface area contributed by atoms with Gasteiger partial charge in [0.25, 0.3) is 0 Å². The third kappa shape index (κ3) is 3.26. The van der Waals surface area contributed by atoms with Crippen molar-refractivity contribution in [3.05, 3.63) is 33.8 Å². The number of nitrogens with zero attached hydrogens (tertiary/aromatic N) is 2. The number of thioether (sulfide) groups is 1. The van der Waals surface area contributed by atoms with Gasteiger partial charge in [0.2, 0.25) is 11.8 Å². The molecule has 0 bridgehead atoms. The van der Waals surface area contributed by atoms with Gasteiger partial charge < -0.3 is 5.32 Å². The maximum atomic E-state index is 11.6. The van der Waals surface area contributed by atoms with Crippen LogP contribution in [0.2, 0.25) is 10.0 Å². The Morgan fingerprint density at radius 3 is 2.55 bits per heavy atom. The van der Waals surface area contributed by atoms with Crippen molar-refractivity contribution in [2.75, 3.05) is 0 Å². The number of benzene rings is 1. The Balaban J connectivity index is 2.29. The van der Waals surface area contributed by atoms with E-state index in [1.165, 1.54) is 30.6 Å². The minimum Gasteiger partial charge on any atom is -0.304 e. The third-order valence-electron chi connectivity index (χ3n) is 2.48. The van der Waals surface area contributed by atoms with E-state index in [0.717, 1.165) is 5.56 Å². The smallest absolute Gasteiger partial charge is 0.241 e. The lowest BCUT2D eigenvalue weighted by Gasteiger charge is -2.19. The number of hydrogen-bond donors (Lipinski definition) is 1. The second-order valence-electron chi connectivity index (χ2n) is 4.09. The number of hydrogen-bond acceptors (Lipinski definition) is 4. The molecule has 2 amide bonds. The Morgan fingerprint density at radius 1 is 1.30 bits per heavy atom. The Bertz CT molecular complexity index is 606. The van der Waals surface area contributed by atoms with Crippen molar-refractivity contribution in [3.8, 4) is 0 Å². The Hall–Kier alpha value is -1.24. The van der Waals surface area contributed by atoms with Gasteiger partial charge >= 0.3 is 0 Å². The number of carbonyl (C=O) groups excluding carboxylic acids is 2. The molecule has 0 aliphatic carbocycles. The molecule has 1 aromatic carbocycles. The van der Waals surface area contributed by atoms with Crippen molar-refractivity contribution >= 4 is 51.9 Å². The molecule has 1 atom stereocenters. The molecule has 20 heavy (non-hydrogen) atoms. The van der Waals surface area contributed by atoms with Crippen LogP contribution in [0.3, 0.4) is 0 Å². The van der Waals surface area contributed by atoms with Crippen molar-refractivity contribution in [2.24, 2.45) is 5.10 Å². The standard InChI is InChI=1S/C12H11Cl2N3O2S/c1-6(18)15-12-16-17(7(2)19)11(20-12)8-3-4-9(13)10(14)5-8/h3-5,11H,1-2H3,(H,15,16,18)/t11-/m1/s1. The fourth-order valence-electron chi connectivity index (χ4n) is 1.65. The van der Waals surface area contributed by atoms with Crippen LogP contribution in [0.15, 0.2) is 23.3 Å². The molecule has 0 spiro atoms. The fraction of sp³-hybridized carbons (Fsp3) is 0.250. The van der Waals surface area contributed by atoms with Crippen LogP contribution in [-0.2, 0) is 9.59 Å². The summed E-state index contributed by atoms with van der Waals surface area (Å²) in [7, 11) is 0. The Labute approximate surface area is 130 Å². The van der Waals surface area contributed by atoms with Gasteiger partial charge in [-0.1, -0.05) is 41.0 Å². The zero-order valence-electron chi connectivity index (χ0n) is 10.7. The van der Waals surface area contributed by atoms with Gasteiger partial charge in [-0.05, 0) is 17.7 Å². The highest BCUT2D eigenvalue weighted by Crippen LogP contribution is 2.40. The average Bonchev–Trinajstić information content (AvgIpc) is 2.76. The first kappa shape index (κ1) is 15.2. The van der Waals surface area contributed by atoms with E-state index in [-0.39, 0.29) is 17.2 Å². The Morgan fingerprint density at radius 2 is 2.00 bits per heavy atom. The van der Waals surface area contributed by atoms with Crippen LogP contribution in [-0.4, -0.2) is 22.0 Å². The molecule has 2 rings (SSSR count). The monoisotopic (exact) mass is 331 g/mol. The van der Waals surface area contributed by atoms with Crippen LogP contribution in [0.5, 0.6) is 0 Å². The highest BCUT2D eigenvalue weighted by atomic mass is 35.5. The van der Waals surface area contributed by atoms with Crippen LogP contribution in [0.4, 0.5) is 0 Å². The largest absolute Gasteiger partial charge is 0.304 e. The summed E-state index contributed by atoms with van der Waals surface area (Å²) in [6.45, 7) is 2.79. The Kier molecular flexibility index (Phi) is 4.57. The quantitative estimate of drug-likeness (QED) is 0.860. The van der Waals surface area contributed by atoms with E-state index in [9.17, 15) is 9.59 Å². The second-order valence-corrected chi connectivity index (χ2v) is 5.98. The van der Waals surface area contributed by atoms with Gasteiger partial charge in [-0.2, -0.15) is 0 Å². The van der Waals surface area contributed by atoms with E-state index in [4.69, 9.17) is 23.2 Å². The number of carbonyl (C=O) groups is 2. The zero-order chi connectivity index (χ0) is 14.9. The third-order valence-corrected chi connectivity index (χ3v) is 4.32. The van der Waals surface area contributed by atoms with Crippen LogP contribution in [0.1, 0.15) is 24.8 Å². The van der Waals surface area contributed by atoms with E-state index in [0.29, 0.717) is 15.2 Å². The molecule has 0 saturated carbocycles. The van der Waals surface area contributed by atoms with E-state index < -0.39 is 0 Å². The summed E-state index contributed by atoms with van der Waals surface area (Å²) >= 11 is 13.1. The molecule has 5 nitrogen and oxygen atoms in total. The minimum atomic E-state index is -0.371. The first-order chi connectivity index (χ1) is 9.38. The minimum absolute atomic E-state index is 0.228. The lowest BCUT2D eigenvalue weighted by molar-refractivity contribution is -0.129. The van der Waals surface area contributed by atoms with Crippen molar-refractivity contribution < 1.29 is 9.59 Å². The molecule has 106 valence electrons. The summed E-state index contributed by atoms with van der Waals surface area (Å²) in [5, 5.41) is 8.82. The molecule has 1 aromatic rings. The van der Waals surface area contributed by atoms with Gasteiger partial charge in [-0.25, -0.2) is 5.01 Å². The van der Waals surface area contributed by atoms with E-state index in [1.54, 1.807) is 18.2 Å². The number of amidine groups is 1. The van der Waals surface area contributed by atoms with Gasteiger partial charge in [-0.3, -0.25) is 9.59 Å². The topological polar surface area (TPSA) is 61.8 Å². The molecule has 0 aromatic heterocycles. The molecule has 1 heterocycles. The highest BCUT2D eigenvalue weighted by molar-refractivity contribution is 8.14. The van der Waals surface area contributed by atoms with E-state index in [2.05, 4.69) is 10.4 Å². The summed E-state index contributed by atoms with van der Waals surface area (Å²) in [5.41, 5.74) is 0.781. The number of amides is 2. The summed E-state index contributed by atoms with van der Waals surface area (Å²) in [6, 6.07) is 5.12. The van der Waals surface area contributed by atoms with E-state index >= 15 is 0 Å². The number of hydrazone groups is 1. The molecular formula is C12H11Cl2N3O2S. The summed E-state index contributed by atoms with van der Waals surface area (Å²) in [6.07, 6.45) is 0. The molecule has 8 heteroatoms. The first-order valence-electron chi connectivity index (χ1n) is 5.66. The van der Waals surface area contributed by atoms with Crippen LogP contribution >= 0.6 is 35.0 Å². The molecular weight excluding hydrogens is 321 g/mol. The predicted molar refractivity (Wildman–Crippen MR) is 80.6 cm³/mol. The maximum absolute atomic E-state index is 11.6. The molecule has 0 fully saturated rings. The maximum Gasteiger partial charge on any atom is 0.241 e. The second kappa shape index (κ2) is 6.03. The lowest BCUT2D eigenvalue weighted by atomic mass is 10.2. The molecule has 0 unspecified atom stereocenters. The first-order valence-corrected chi connectivity index (χ1v) is 7.29. The molecule has 1 aliphatic rings. The van der Waals surface area contributed by atoms with Gasteiger partial charge in [0, 0.05) is 13.8 Å². The fourth-order valence-corrected chi connectivity index (χ4v) is 3.08. The molecule has 1 N–H and O–H groups in total. The zero-order valence-corrected chi connectivity index (χ0v) is 13.0. The SMILES string of the molecule is CC(=O)NC1=NN(C(C)=O)[C@@H](c2ccc(Cl)c(Cl)c2)S1. The highest BCUT2D eigenvalue weighted by Gasteiger charge is 2.32. The van der Waals surface area contributed by atoms with Crippen LogP contribution in [0.25, 0.3) is 0 Å². The molecule has 0 saturated heterocycles. The van der Waals surface area contributed by atoms with Gasteiger partial charge in [0.15, 0.2) is 5.17 Å². The van der Waals surface area contributed by atoms with Crippen LogP contribution in [0, 0.1) is 0 Å². The van der Waals surface area contributed by atoms with E-state index in [1.807, 2.05) is 0 Å². The lowest BCUT2D eigenvalue weighted by Crippen LogP contribution is -2.25. The summed E-state index contributed by atoms with van der Waals surface area (Å²) in [4.78, 5) is 22.7. The van der Waals surface area contributed by atoms with Crippen molar-refractivity contribution in [2.45, 2.75) is 19.2 Å². The molecule has 1 aliphatic heterocycles. The normalized spacial score (nSPS) is 17.9. The average molecular weight is 332 g/mol. The number of rotatable bonds is 1. The van der Waals surface area contributed by atoms with Gasteiger partial charge in [0.1, 0.15) is 5.37 Å². The number of nitrogens with one attached hydrogen (secondary N) is 1. The van der Waals surface area contributed by atoms with Crippen molar-refractivity contribution in [1.82, 2.24) is 10.3 Å². The van der Waals surface area contributed by atoms with Crippen LogP contribution < -0.4 is 5.32 Å². The summed E-state index contributed by atoms with van der Waals surface area (Å²) < 4.78 is 0. The van der Waals surface area contributed by atoms with Crippen molar-refractivity contribution in [3.63, 3.8) is 0 Å². The van der Waals surface area contributed by atoms with Crippen molar-refractivity contribution in [1.29, 1.82) is 0 Å². The summed E-state index contributed by atoms with van der Waals surface area (Å²) in [5.74, 6) is -0.469. The van der Waals surface area contributed by atoms with Gasteiger partial charge in [0.05, 0.1) is 10.0 Å². The number of halogens is 2.